The number of hydrogen-bond acceptors (Lipinski definition) is 3. The Morgan fingerprint density at radius 3 is 2.50 bits per heavy atom. The van der Waals surface area contributed by atoms with Crippen molar-refractivity contribution in [3.8, 4) is 0 Å². The summed E-state index contributed by atoms with van der Waals surface area (Å²) in [5.74, 6) is 0.733. The maximum Gasteiger partial charge on any atom is 0.0599 e. The van der Waals surface area contributed by atoms with Crippen molar-refractivity contribution in [2.75, 3.05) is 33.3 Å². The fraction of sp³-hybridized carbons (Fsp3) is 1.00. The third-order valence-corrected chi connectivity index (χ3v) is 3.36. The summed E-state index contributed by atoms with van der Waals surface area (Å²) in [6, 6.07) is 1.15. The molecule has 2 unspecified atom stereocenters. The Bertz CT molecular complexity index is 194. The second kappa shape index (κ2) is 4.17. The summed E-state index contributed by atoms with van der Waals surface area (Å²) in [4.78, 5) is 4.89. The van der Waals surface area contributed by atoms with Gasteiger partial charge in [-0.05, 0) is 25.8 Å². The van der Waals surface area contributed by atoms with Crippen LogP contribution in [0.4, 0.5) is 0 Å². The van der Waals surface area contributed by atoms with Gasteiger partial charge in [-0.2, -0.15) is 0 Å². The molecule has 1 aliphatic heterocycles. The first kappa shape index (κ1) is 10.4. The standard InChI is InChI=1S/C11H22N2O/c1-9-5-12(2)7-11(8-14)13(6-9)10-3-4-10/h9-11,14H,3-8H2,1-2H3. The Labute approximate surface area is 86.7 Å². The highest BCUT2D eigenvalue weighted by molar-refractivity contribution is 4.92. The van der Waals surface area contributed by atoms with Crippen molar-refractivity contribution in [2.24, 2.45) is 5.92 Å². The Morgan fingerprint density at radius 2 is 1.93 bits per heavy atom. The third-order valence-electron chi connectivity index (χ3n) is 3.36. The maximum atomic E-state index is 9.40. The molecular formula is C11H22N2O. The highest BCUT2D eigenvalue weighted by Crippen LogP contribution is 2.30. The lowest BCUT2D eigenvalue weighted by molar-refractivity contribution is 0.107. The quantitative estimate of drug-likeness (QED) is 0.695. The lowest BCUT2D eigenvalue weighted by Crippen LogP contribution is -2.44. The predicted molar refractivity (Wildman–Crippen MR) is 57.3 cm³/mol. The number of aliphatic hydroxyl groups excluding tert-OH is 1. The van der Waals surface area contributed by atoms with Crippen LogP contribution in [-0.2, 0) is 0 Å². The summed E-state index contributed by atoms with van der Waals surface area (Å²) in [5.41, 5.74) is 0. The van der Waals surface area contributed by atoms with Gasteiger partial charge in [-0.15, -0.1) is 0 Å². The molecule has 14 heavy (non-hydrogen) atoms. The molecule has 0 amide bonds. The summed E-state index contributed by atoms with van der Waals surface area (Å²) in [6.45, 7) is 5.98. The maximum absolute atomic E-state index is 9.40. The zero-order valence-corrected chi connectivity index (χ0v) is 9.32. The van der Waals surface area contributed by atoms with E-state index in [1.165, 1.54) is 25.9 Å². The number of nitrogens with zero attached hydrogens (tertiary/aromatic N) is 2. The number of rotatable bonds is 2. The molecule has 2 fully saturated rings. The van der Waals surface area contributed by atoms with Crippen LogP contribution in [0.2, 0.25) is 0 Å². The minimum Gasteiger partial charge on any atom is -0.395 e. The molecule has 3 heteroatoms. The molecule has 0 aromatic heterocycles. The zero-order valence-electron chi connectivity index (χ0n) is 9.32. The molecule has 2 rings (SSSR count). The summed E-state index contributed by atoms with van der Waals surface area (Å²) in [5, 5.41) is 9.40. The highest BCUT2D eigenvalue weighted by atomic mass is 16.3. The van der Waals surface area contributed by atoms with Crippen molar-refractivity contribution in [2.45, 2.75) is 31.8 Å². The lowest BCUT2D eigenvalue weighted by Gasteiger charge is -2.29. The molecule has 0 radical (unpaired) electrons. The molecule has 1 N–H and O–H groups in total. The van der Waals surface area contributed by atoms with Crippen LogP contribution >= 0.6 is 0 Å². The van der Waals surface area contributed by atoms with Crippen LogP contribution < -0.4 is 0 Å². The predicted octanol–water partition coefficient (Wildman–Crippen LogP) is 0.393. The molecule has 2 aliphatic rings. The highest BCUT2D eigenvalue weighted by Gasteiger charge is 2.36. The van der Waals surface area contributed by atoms with Crippen LogP contribution in [0, 0.1) is 5.92 Å². The molecule has 1 heterocycles. The molecule has 82 valence electrons. The molecule has 0 bridgehead atoms. The van der Waals surface area contributed by atoms with Crippen LogP contribution in [0.15, 0.2) is 0 Å². The molecule has 0 aromatic rings. The van der Waals surface area contributed by atoms with E-state index in [0.717, 1.165) is 18.5 Å². The van der Waals surface area contributed by atoms with Gasteiger partial charge in [0.05, 0.1) is 6.61 Å². The van der Waals surface area contributed by atoms with Crippen molar-refractivity contribution < 1.29 is 5.11 Å². The molecule has 0 aromatic carbocycles. The van der Waals surface area contributed by atoms with Gasteiger partial charge in [0, 0.05) is 31.7 Å². The van der Waals surface area contributed by atoms with E-state index in [1.807, 2.05) is 0 Å². The van der Waals surface area contributed by atoms with Crippen molar-refractivity contribution in [1.82, 2.24) is 9.80 Å². The van der Waals surface area contributed by atoms with E-state index < -0.39 is 0 Å². The average Bonchev–Trinajstić information content (AvgIpc) is 2.92. The molecular weight excluding hydrogens is 176 g/mol. The SMILES string of the molecule is CC1CN(C)CC(CO)N(C2CC2)C1. The minimum absolute atomic E-state index is 0.313. The van der Waals surface area contributed by atoms with E-state index in [4.69, 9.17) is 0 Å². The number of hydrogen-bond donors (Lipinski definition) is 1. The van der Waals surface area contributed by atoms with E-state index in [9.17, 15) is 5.11 Å². The van der Waals surface area contributed by atoms with Gasteiger partial charge >= 0.3 is 0 Å². The van der Waals surface area contributed by atoms with Gasteiger partial charge in [-0.1, -0.05) is 6.92 Å². The topological polar surface area (TPSA) is 26.7 Å². The molecule has 2 atom stereocenters. The smallest absolute Gasteiger partial charge is 0.0599 e. The van der Waals surface area contributed by atoms with Crippen molar-refractivity contribution in [3.63, 3.8) is 0 Å². The Morgan fingerprint density at radius 1 is 1.21 bits per heavy atom. The van der Waals surface area contributed by atoms with Gasteiger partial charge in [-0.3, -0.25) is 4.90 Å². The largest absolute Gasteiger partial charge is 0.395 e. The van der Waals surface area contributed by atoms with E-state index in [-0.39, 0.29) is 0 Å². The van der Waals surface area contributed by atoms with Crippen LogP contribution in [0.3, 0.4) is 0 Å². The van der Waals surface area contributed by atoms with E-state index in [1.54, 1.807) is 0 Å². The van der Waals surface area contributed by atoms with Gasteiger partial charge in [0.25, 0.3) is 0 Å². The second-order valence-corrected chi connectivity index (χ2v) is 5.09. The average molecular weight is 198 g/mol. The monoisotopic (exact) mass is 198 g/mol. The first-order valence-corrected chi connectivity index (χ1v) is 5.76. The second-order valence-electron chi connectivity index (χ2n) is 5.09. The Kier molecular flexibility index (Phi) is 3.10. The lowest BCUT2D eigenvalue weighted by atomic mass is 10.1. The first-order valence-electron chi connectivity index (χ1n) is 5.76. The molecule has 1 saturated carbocycles. The van der Waals surface area contributed by atoms with E-state index in [0.29, 0.717) is 12.6 Å². The van der Waals surface area contributed by atoms with Gasteiger partial charge < -0.3 is 10.0 Å². The molecule has 1 aliphatic carbocycles. The van der Waals surface area contributed by atoms with Crippen LogP contribution in [0.5, 0.6) is 0 Å². The minimum atomic E-state index is 0.313. The van der Waals surface area contributed by atoms with E-state index in [2.05, 4.69) is 23.8 Å². The van der Waals surface area contributed by atoms with Gasteiger partial charge in [0.15, 0.2) is 0 Å². The van der Waals surface area contributed by atoms with Crippen LogP contribution in [0.1, 0.15) is 19.8 Å². The Balaban J connectivity index is 2.02. The third kappa shape index (κ3) is 2.27. The summed E-state index contributed by atoms with van der Waals surface area (Å²) in [6.07, 6.45) is 2.68. The van der Waals surface area contributed by atoms with Crippen LogP contribution in [-0.4, -0.2) is 60.3 Å². The van der Waals surface area contributed by atoms with Crippen molar-refractivity contribution in [1.29, 1.82) is 0 Å². The van der Waals surface area contributed by atoms with Gasteiger partial charge in [0.2, 0.25) is 0 Å². The summed E-state index contributed by atoms with van der Waals surface area (Å²) >= 11 is 0. The number of likely N-dealkylation sites (N-methyl/N-ethyl adjacent to an activating group) is 1. The van der Waals surface area contributed by atoms with Gasteiger partial charge in [-0.25, -0.2) is 0 Å². The van der Waals surface area contributed by atoms with Crippen molar-refractivity contribution >= 4 is 0 Å². The summed E-state index contributed by atoms with van der Waals surface area (Å²) in [7, 11) is 2.16. The molecule has 1 saturated heterocycles. The summed E-state index contributed by atoms with van der Waals surface area (Å²) < 4.78 is 0. The van der Waals surface area contributed by atoms with E-state index >= 15 is 0 Å². The Hall–Kier alpha value is -0.120. The van der Waals surface area contributed by atoms with Crippen molar-refractivity contribution in [3.05, 3.63) is 0 Å². The fourth-order valence-electron chi connectivity index (χ4n) is 2.65. The van der Waals surface area contributed by atoms with Gasteiger partial charge in [0.1, 0.15) is 0 Å². The number of aliphatic hydroxyl groups is 1. The zero-order chi connectivity index (χ0) is 10.1. The molecule has 3 nitrogen and oxygen atoms in total. The fourth-order valence-corrected chi connectivity index (χ4v) is 2.65. The first-order chi connectivity index (χ1) is 6.70. The van der Waals surface area contributed by atoms with Crippen LogP contribution in [0.25, 0.3) is 0 Å². The molecule has 0 spiro atoms. The normalized spacial score (nSPS) is 37.1.